The molecule has 0 rings (SSSR count). The average Bonchev–Trinajstić information content (AvgIpc) is 2.67. The maximum Gasteiger partial charge on any atom is 0.220 e. The van der Waals surface area contributed by atoms with Crippen LogP contribution >= 0.6 is 0 Å². The lowest BCUT2D eigenvalue weighted by molar-refractivity contribution is -0.121. The number of carbonyl (C=O) groups is 1. The molecule has 0 fully saturated rings. The third-order valence-corrected chi connectivity index (χ3v) is 4.33. The summed E-state index contributed by atoms with van der Waals surface area (Å²) in [6.45, 7) is 5.25. The molecule has 0 aromatic carbocycles. The highest BCUT2D eigenvalue weighted by atomic mass is 16.1. The van der Waals surface area contributed by atoms with E-state index in [0.29, 0.717) is 6.42 Å². The second kappa shape index (κ2) is 22.5. The van der Waals surface area contributed by atoms with Crippen molar-refractivity contribution in [3.05, 3.63) is 48.6 Å². The molecule has 0 aromatic heterocycles. The SMILES string of the molecule is CCCCC/C=C\C/C=C\C/C=C\C/C=C\CCCC(=O)NCCCCC. The van der Waals surface area contributed by atoms with Crippen LogP contribution in [0.2, 0.25) is 0 Å². The monoisotopic (exact) mass is 373 g/mol. The summed E-state index contributed by atoms with van der Waals surface area (Å²) in [5.74, 6) is 0.196. The average molecular weight is 374 g/mol. The summed E-state index contributed by atoms with van der Waals surface area (Å²) in [7, 11) is 0. The van der Waals surface area contributed by atoms with Crippen LogP contribution in [0.3, 0.4) is 0 Å². The van der Waals surface area contributed by atoms with E-state index in [-0.39, 0.29) is 5.91 Å². The van der Waals surface area contributed by atoms with Crippen LogP contribution in [0.4, 0.5) is 0 Å². The Morgan fingerprint density at radius 2 is 1.11 bits per heavy atom. The number of unbranched alkanes of at least 4 members (excludes halogenated alkanes) is 6. The molecule has 0 saturated carbocycles. The van der Waals surface area contributed by atoms with Crippen LogP contribution in [0.5, 0.6) is 0 Å². The van der Waals surface area contributed by atoms with Crippen molar-refractivity contribution in [2.45, 2.75) is 97.3 Å². The number of allylic oxidation sites excluding steroid dienone is 8. The molecule has 0 aliphatic carbocycles. The molecule has 2 nitrogen and oxygen atoms in total. The molecular weight excluding hydrogens is 330 g/mol. The Labute approximate surface area is 168 Å². The quantitative estimate of drug-likeness (QED) is 0.196. The number of nitrogens with one attached hydrogen (secondary N) is 1. The molecular formula is C25H43NO. The highest BCUT2D eigenvalue weighted by Gasteiger charge is 1.98. The minimum Gasteiger partial charge on any atom is -0.356 e. The minimum absolute atomic E-state index is 0.196. The number of rotatable bonds is 18. The first-order valence-electron chi connectivity index (χ1n) is 11.2. The zero-order chi connectivity index (χ0) is 19.8. The van der Waals surface area contributed by atoms with Crippen LogP contribution in [0.1, 0.15) is 97.3 Å². The Balaban J connectivity index is 3.44. The Morgan fingerprint density at radius 3 is 1.67 bits per heavy atom. The Bertz CT molecular complexity index is 432. The van der Waals surface area contributed by atoms with Crippen LogP contribution in [0.15, 0.2) is 48.6 Å². The van der Waals surface area contributed by atoms with E-state index in [4.69, 9.17) is 0 Å². The molecule has 154 valence electrons. The van der Waals surface area contributed by atoms with Crippen molar-refractivity contribution in [2.24, 2.45) is 0 Å². The largest absolute Gasteiger partial charge is 0.356 e. The lowest BCUT2D eigenvalue weighted by Gasteiger charge is -2.03. The Kier molecular flexibility index (Phi) is 21.2. The summed E-state index contributed by atoms with van der Waals surface area (Å²) in [6.07, 6.45) is 32.1. The Hall–Kier alpha value is -1.57. The predicted octanol–water partition coefficient (Wildman–Crippen LogP) is 7.44. The van der Waals surface area contributed by atoms with Crippen LogP contribution in [-0.2, 0) is 4.79 Å². The summed E-state index contributed by atoms with van der Waals surface area (Å²) < 4.78 is 0. The smallest absolute Gasteiger partial charge is 0.220 e. The van der Waals surface area contributed by atoms with Gasteiger partial charge in [0.15, 0.2) is 0 Å². The number of hydrogen-bond donors (Lipinski definition) is 1. The first-order chi connectivity index (χ1) is 13.3. The molecule has 0 bridgehead atoms. The number of hydrogen-bond acceptors (Lipinski definition) is 1. The van der Waals surface area contributed by atoms with E-state index in [9.17, 15) is 4.79 Å². The van der Waals surface area contributed by atoms with E-state index in [1.807, 2.05) is 0 Å². The van der Waals surface area contributed by atoms with Crippen molar-refractivity contribution in [1.29, 1.82) is 0 Å². The van der Waals surface area contributed by atoms with Crippen LogP contribution in [-0.4, -0.2) is 12.5 Å². The number of carbonyl (C=O) groups excluding carboxylic acids is 1. The summed E-state index contributed by atoms with van der Waals surface area (Å²) in [5, 5.41) is 2.99. The van der Waals surface area contributed by atoms with Gasteiger partial charge in [0.1, 0.15) is 0 Å². The first-order valence-corrected chi connectivity index (χ1v) is 11.2. The number of amides is 1. The zero-order valence-electron chi connectivity index (χ0n) is 17.9. The molecule has 0 saturated heterocycles. The van der Waals surface area contributed by atoms with Gasteiger partial charge in [0, 0.05) is 13.0 Å². The van der Waals surface area contributed by atoms with Gasteiger partial charge in [-0.05, 0) is 51.4 Å². The summed E-state index contributed by atoms with van der Waals surface area (Å²) in [6, 6.07) is 0. The molecule has 1 N–H and O–H groups in total. The molecule has 0 aliphatic heterocycles. The van der Waals surface area contributed by atoms with E-state index >= 15 is 0 Å². The molecule has 0 aromatic rings. The summed E-state index contributed by atoms with van der Waals surface area (Å²) in [5.41, 5.74) is 0. The fourth-order valence-corrected chi connectivity index (χ4v) is 2.63. The lowest BCUT2D eigenvalue weighted by Crippen LogP contribution is -2.23. The van der Waals surface area contributed by atoms with Crippen LogP contribution < -0.4 is 5.32 Å². The topological polar surface area (TPSA) is 29.1 Å². The van der Waals surface area contributed by atoms with Gasteiger partial charge in [-0.15, -0.1) is 0 Å². The van der Waals surface area contributed by atoms with Gasteiger partial charge >= 0.3 is 0 Å². The zero-order valence-corrected chi connectivity index (χ0v) is 17.9. The third kappa shape index (κ3) is 22.4. The highest BCUT2D eigenvalue weighted by Crippen LogP contribution is 2.01. The molecule has 0 heterocycles. The molecule has 0 unspecified atom stereocenters. The molecule has 0 spiro atoms. The maximum absolute atomic E-state index is 11.6. The van der Waals surface area contributed by atoms with Gasteiger partial charge in [-0.25, -0.2) is 0 Å². The molecule has 27 heavy (non-hydrogen) atoms. The first kappa shape index (κ1) is 25.4. The summed E-state index contributed by atoms with van der Waals surface area (Å²) >= 11 is 0. The van der Waals surface area contributed by atoms with Gasteiger partial charge in [-0.2, -0.15) is 0 Å². The third-order valence-electron chi connectivity index (χ3n) is 4.33. The second-order valence-electron chi connectivity index (χ2n) is 7.04. The van der Waals surface area contributed by atoms with Crippen molar-refractivity contribution in [1.82, 2.24) is 5.32 Å². The fraction of sp³-hybridized carbons (Fsp3) is 0.640. The van der Waals surface area contributed by atoms with Crippen LogP contribution in [0.25, 0.3) is 0 Å². The van der Waals surface area contributed by atoms with Crippen molar-refractivity contribution in [2.75, 3.05) is 6.54 Å². The Morgan fingerprint density at radius 1 is 0.630 bits per heavy atom. The van der Waals surface area contributed by atoms with E-state index < -0.39 is 0 Å². The van der Waals surface area contributed by atoms with E-state index in [0.717, 1.165) is 45.1 Å². The highest BCUT2D eigenvalue weighted by molar-refractivity contribution is 5.75. The molecule has 0 aliphatic rings. The summed E-state index contributed by atoms with van der Waals surface area (Å²) in [4.78, 5) is 11.6. The molecule has 0 radical (unpaired) electrons. The van der Waals surface area contributed by atoms with E-state index in [1.165, 1.54) is 38.5 Å². The predicted molar refractivity (Wildman–Crippen MR) is 121 cm³/mol. The van der Waals surface area contributed by atoms with Crippen molar-refractivity contribution in [3.8, 4) is 0 Å². The van der Waals surface area contributed by atoms with Gasteiger partial charge in [0.05, 0.1) is 0 Å². The van der Waals surface area contributed by atoms with Gasteiger partial charge < -0.3 is 5.32 Å². The van der Waals surface area contributed by atoms with Gasteiger partial charge in [0.25, 0.3) is 0 Å². The lowest BCUT2D eigenvalue weighted by atomic mass is 10.2. The second-order valence-corrected chi connectivity index (χ2v) is 7.04. The van der Waals surface area contributed by atoms with Crippen molar-refractivity contribution < 1.29 is 4.79 Å². The van der Waals surface area contributed by atoms with Crippen molar-refractivity contribution >= 4 is 5.91 Å². The minimum atomic E-state index is 0.196. The van der Waals surface area contributed by atoms with Crippen molar-refractivity contribution in [3.63, 3.8) is 0 Å². The van der Waals surface area contributed by atoms with Crippen LogP contribution in [0, 0.1) is 0 Å². The standard InChI is InChI=1S/C25H43NO/c1-3-5-7-8-9-10-11-12-13-14-15-16-17-18-19-20-21-23-25(27)26-24-22-6-4-2/h9-10,12-13,15-16,18-19H,3-8,11,14,17,20-24H2,1-2H3,(H,26,27)/b10-9-,13-12-,16-15-,19-18-. The van der Waals surface area contributed by atoms with E-state index in [2.05, 4.69) is 67.8 Å². The van der Waals surface area contributed by atoms with Gasteiger partial charge in [-0.3, -0.25) is 4.79 Å². The molecule has 1 amide bonds. The fourth-order valence-electron chi connectivity index (χ4n) is 2.63. The van der Waals surface area contributed by atoms with Gasteiger partial charge in [0.2, 0.25) is 5.91 Å². The maximum atomic E-state index is 11.6. The normalized spacial score (nSPS) is 12.2. The van der Waals surface area contributed by atoms with E-state index in [1.54, 1.807) is 0 Å². The molecule has 0 atom stereocenters. The van der Waals surface area contributed by atoms with Gasteiger partial charge in [-0.1, -0.05) is 88.1 Å². The molecule has 2 heteroatoms.